The summed E-state index contributed by atoms with van der Waals surface area (Å²) in [6.07, 6.45) is 6.61. The molecule has 0 aromatic carbocycles. The van der Waals surface area contributed by atoms with Crippen LogP contribution in [0.2, 0.25) is 0 Å². The minimum Gasteiger partial charge on any atom is -0.333 e. The molecule has 2 heterocycles. The van der Waals surface area contributed by atoms with Crippen molar-refractivity contribution in [3.05, 3.63) is 48.1 Å². The van der Waals surface area contributed by atoms with Crippen LogP contribution in [0.3, 0.4) is 0 Å². The van der Waals surface area contributed by atoms with Crippen LogP contribution in [0.15, 0.2) is 31.0 Å². The zero-order chi connectivity index (χ0) is 13.7. The SMILES string of the molecule is CC(C)CNCc1cn(Cc2cncc(F)c2)cn1. The van der Waals surface area contributed by atoms with Gasteiger partial charge in [-0.2, -0.15) is 0 Å². The van der Waals surface area contributed by atoms with Crippen molar-refractivity contribution in [1.29, 1.82) is 0 Å². The zero-order valence-electron chi connectivity index (χ0n) is 11.3. The Morgan fingerprint density at radius 1 is 1.37 bits per heavy atom. The van der Waals surface area contributed by atoms with E-state index in [-0.39, 0.29) is 5.82 Å². The summed E-state index contributed by atoms with van der Waals surface area (Å²) in [6, 6.07) is 1.49. The predicted molar refractivity (Wildman–Crippen MR) is 72.1 cm³/mol. The van der Waals surface area contributed by atoms with Crippen molar-refractivity contribution in [3.8, 4) is 0 Å². The molecule has 5 heteroatoms. The Kier molecular flexibility index (Phi) is 4.63. The van der Waals surface area contributed by atoms with Gasteiger partial charge in [0.05, 0.1) is 24.8 Å². The van der Waals surface area contributed by atoms with Gasteiger partial charge in [0.15, 0.2) is 0 Å². The van der Waals surface area contributed by atoms with Crippen LogP contribution in [0.5, 0.6) is 0 Å². The van der Waals surface area contributed by atoms with Crippen LogP contribution < -0.4 is 5.32 Å². The van der Waals surface area contributed by atoms with E-state index in [4.69, 9.17) is 0 Å². The molecule has 1 N–H and O–H groups in total. The Hall–Kier alpha value is -1.75. The lowest BCUT2D eigenvalue weighted by Gasteiger charge is -2.05. The molecule has 0 saturated carbocycles. The first kappa shape index (κ1) is 13.7. The minimum atomic E-state index is -0.309. The number of aromatic nitrogens is 3. The molecule has 0 atom stereocenters. The Balaban J connectivity index is 1.90. The van der Waals surface area contributed by atoms with E-state index in [1.54, 1.807) is 12.5 Å². The van der Waals surface area contributed by atoms with E-state index in [0.29, 0.717) is 12.5 Å². The van der Waals surface area contributed by atoms with Crippen molar-refractivity contribution in [2.45, 2.75) is 26.9 Å². The van der Waals surface area contributed by atoms with Gasteiger partial charge in [-0.3, -0.25) is 4.98 Å². The molecule has 0 aliphatic heterocycles. The van der Waals surface area contributed by atoms with Gasteiger partial charge < -0.3 is 9.88 Å². The lowest BCUT2D eigenvalue weighted by atomic mass is 10.2. The minimum absolute atomic E-state index is 0.309. The van der Waals surface area contributed by atoms with Gasteiger partial charge in [0.2, 0.25) is 0 Å². The highest BCUT2D eigenvalue weighted by Crippen LogP contribution is 2.05. The van der Waals surface area contributed by atoms with E-state index < -0.39 is 0 Å². The highest BCUT2D eigenvalue weighted by molar-refractivity contribution is 5.11. The first-order chi connectivity index (χ1) is 9.13. The maximum Gasteiger partial charge on any atom is 0.141 e. The molecule has 2 rings (SSSR count). The van der Waals surface area contributed by atoms with E-state index in [0.717, 1.165) is 24.3 Å². The first-order valence-electron chi connectivity index (χ1n) is 6.44. The molecular formula is C14H19FN4. The summed E-state index contributed by atoms with van der Waals surface area (Å²) in [4.78, 5) is 8.15. The summed E-state index contributed by atoms with van der Waals surface area (Å²) in [6.45, 7) is 6.65. The maximum atomic E-state index is 13.0. The van der Waals surface area contributed by atoms with E-state index in [2.05, 4.69) is 29.1 Å². The summed E-state index contributed by atoms with van der Waals surface area (Å²) in [5.74, 6) is 0.317. The average molecular weight is 262 g/mol. The molecule has 0 unspecified atom stereocenters. The van der Waals surface area contributed by atoms with E-state index in [1.807, 2.05) is 10.8 Å². The Labute approximate surface area is 112 Å². The number of hydrogen-bond donors (Lipinski definition) is 1. The van der Waals surface area contributed by atoms with Gasteiger partial charge in [0.1, 0.15) is 5.82 Å². The fraction of sp³-hybridized carbons (Fsp3) is 0.429. The van der Waals surface area contributed by atoms with Crippen molar-refractivity contribution in [2.24, 2.45) is 5.92 Å². The molecule has 0 aliphatic carbocycles. The second-order valence-corrected chi connectivity index (χ2v) is 5.07. The van der Waals surface area contributed by atoms with E-state index in [9.17, 15) is 4.39 Å². The molecular weight excluding hydrogens is 243 g/mol. The summed E-state index contributed by atoms with van der Waals surface area (Å²) in [5.41, 5.74) is 1.82. The number of nitrogens with zero attached hydrogens (tertiary/aromatic N) is 3. The molecule has 0 fully saturated rings. The molecule has 0 bridgehead atoms. The number of imidazole rings is 1. The lowest BCUT2D eigenvalue weighted by molar-refractivity contribution is 0.548. The second kappa shape index (κ2) is 6.43. The molecule has 0 saturated heterocycles. The van der Waals surface area contributed by atoms with Gasteiger partial charge in [-0.1, -0.05) is 13.8 Å². The van der Waals surface area contributed by atoms with Crippen molar-refractivity contribution in [2.75, 3.05) is 6.54 Å². The van der Waals surface area contributed by atoms with Crippen molar-refractivity contribution in [1.82, 2.24) is 19.9 Å². The molecule has 0 aliphatic rings. The van der Waals surface area contributed by atoms with Crippen LogP contribution in [0.1, 0.15) is 25.1 Å². The van der Waals surface area contributed by atoms with Crippen LogP contribution in [0.4, 0.5) is 4.39 Å². The van der Waals surface area contributed by atoms with Gasteiger partial charge in [0.25, 0.3) is 0 Å². The Morgan fingerprint density at radius 2 is 2.21 bits per heavy atom. The number of pyridine rings is 1. The van der Waals surface area contributed by atoms with Crippen LogP contribution in [-0.2, 0) is 13.1 Å². The standard InChI is InChI=1S/C14H19FN4/c1-11(2)4-16-7-14-9-19(10-18-14)8-12-3-13(15)6-17-5-12/h3,5-6,9-11,16H,4,7-8H2,1-2H3. The second-order valence-electron chi connectivity index (χ2n) is 5.07. The highest BCUT2D eigenvalue weighted by Gasteiger charge is 2.02. The average Bonchev–Trinajstić information content (AvgIpc) is 2.76. The normalized spacial score (nSPS) is 11.2. The molecule has 0 radical (unpaired) electrons. The van der Waals surface area contributed by atoms with Crippen LogP contribution >= 0.6 is 0 Å². The zero-order valence-corrected chi connectivity index (χ0v) is 11.3. The van der Waals surface area contributed by atoms with Gasteiger partial charge >= 0.3 is 0 Å². The molecule has 19 heavy (non-hydrogen) atoms. The van der Waals surface area contributed by atoms with Gasteiger partial charge in [0, 0.05) is 18.9 Å². The summed E-state index contributed by atoms with van der Waals surface area (Å²) < 4.78 is 15.0. The molecule has 0 spiro atoms. The number of hydrogen-bond acceptors (Lipinski definition) is 3. The first-order valence-corrected chi connectivity index (χ1v) is 6.44. The topological polar surface area (TPSA) is 42.7 Å². The van der Waals surface area contributed by atoms with Gasteiger partial charge in [-0.25, -0.2) is 9.37 Å². The van der Waals surface area contributed by atoms with Crippen molar-refractivity contribution >= 4 is 0 Å². The van der Waals surface area contributed by atoms with Crippen LogP contribution in [-0.4, -0.2) is 21.1 Å². The van der Waals surface area contributed by atoms with Crippen LogP contribution in [0.25, 0.3) is 0 Å². The third kappa shape index (κ3) is 4.44. The summed E-state index contributed by atoms with van der Waals surface area (Å²) in [7, 11) is 0. The Bertz CT molecular complexity index is 522. The molecule has 2 aromatic heterocycles. The molecule has 102 valence electrons. The van der Waals surface area contributed by atoms with Crippen molar-refractivity contribution < 1.29 is 4.39 Å². The quantitative estimate of drug-likeness (QED) is 0.868. The maximum absolute atomic E-state index is 13.0. The fourth-order valence-electron chi connectivity index (χ4n) is 1.83. The third-order valence-corrected chi connectivity index (χ3v) is 2.67. The molecule has 4 nitrogen and oxygen atoms in total. The third-order valence-electron chi connectivity index (χ3n) is 2.67. The molecule has 0 amide bonds. The highest BCUT2D eigenvalue weighted by atomic mass is 19.1. The van der Waals surface area contributed by atoms with Gasteiger partial charge in [-0.05, 0) is 24.1 Å². The largest absolute Gasteiger partial charge is 0.333 e. The number of rotatable bonds is 6. The summed E-state index contributed by atoms with van der Waals surface area (Å²) in [5, 5.41) is 3.34. The smallest absolute Gasteiger partial charge is 0.141 e. The van der Waals surface area contributed by atoms with Crippen LogP contribution in [0, 0.1) is 11.7 Å². The van der Waals surface area contributed by atoms with E-state index >= 15 is 0 Å². The summed E-state index contributed by atoms with van der Waals surface area (Å²) >= 11 is 0. The number of nitrogens with one attached hydrogen (secondary N) is 1. The monoisotopic (exact) mass is 262 g/mol. The number of halogens is 1. The van der Waals surface area contributed by atoms with E-state index in [1.165, 1.54) is 12.3 Å². The lowest BCUT2D eigenvalue weighted by Crippen LogP contribution is -2.19. The van der Waals surface area contributed by atoms with Crippen molar-refractivity contribution in [3.63, 3.8) is 0 Å². The molecule has 2 aromatic rings. The van der Waals surface area contributed by atoms with Gasteiger partial charge in [-0.15, -0.1) is 0 Å². The Morgan fingerprint density at radius 3 is 2.95 bits per heavy atom. The fourth-order valence-corrected chi connectivity index (χ4v) is 1.83. The predicted octanol–water partition coefficient (Wildman–Crippen LogP) is 2.21.